The number of carbonyl (C=O) groups is 3. The van der Waals surface area contributed by atoms with Crippen LogP contribution < -0.4 is 10.6 Å². The van der Waals surface area contributed by atoms with Crippen LogP contribution in [0.3, 0.4) is 0 Å². The molecule has 7 nitrogen and oxygen atoms in total. The van der Waals surface area contributed by atoms with E-state index in [1.54, 1.807) is 0 Å². The van der Waals surface area contributed by atoms with Gasteiger partial charge in [0.05, 0.1) is 5.92 Å². The predicted molar refractivity (Wildman–Crippen MR) is 133 cm³/mol. The van der Waals surface area contributed by atoms with Gasteiger partial charge in [-0.2, -0.15) is 0 Å². The van der Waals surface area contributed by atoms with Crippen LogP contribution in [0.25, 0.3) is 11.1 Å². The Hall–Kier alpha value is -3.35. The van der Waals surface area contributed by atoms with Gasteiger partial charge in [0.1, 0.15) is 6.61 Å². The molecule has 2 aromatic rings. The standard InChI is InChI=1S/C28H34N2O5/c1-2-8-19(15-26(31)29-16-24(27(32)33)18-9-7-10-18)30-28(34)35-17-25-22-13-5-3-11-20(22)21-12-4-6-14-23(21)25/h3-6,11-14,18-19,24-25H,2,7-10,15-17H2,1H3,(H,29,31)(H,30,34)(H,32,33)/t19-,24?/m1/s1. The number of alkyl carbamates (subject to hydrolysis) is 1. The van der Waals surface area contributed by atoms with Crippen molar-refractivity contribution in [1.82, 2.24) is 10.6 Å². The molecule has 2 aliphatic rings. The molecular weight excluding hydrogens is 444 g/mol. The maximum absolute atomic E-state index is 12.6. The number of hydrogen-bond donors (Lipinski definition) is 3. The first-order valence-electron chi connectivity index (χ1n) is 12.6. The molecule has 0 aromatic heterocycles. The van der Waals surface area contributed by atoms with Crippen LogP contribution in [0.15, 0.2) is 48.5 Å². The molecule has 0 spiro atoms. The van der Waals surface area contributed by atoms with E-state index in [2.05, 4.69) is 34.9 Å². The van der Waals surface area contributed by atoms with Crippen LogP contribution in [-0.2, 0) is 14.3 Å². The lowest BCUT2D eigenvalue weighted by atomic mass is 9.76. The first kappa shape index (κ1) is 24.8. The van der Waals surface area contributed by atoms with Gasteiger partial charge in [0, 0.05) is 24.9 Å². The smallest absolute Gasteiger partial charge is 0.407 e. The summed E-state index contributed by atoms with van der Waals surface area (Å²) in [4.78, 5) is 36.7. The minimum atomic E-state index is -0.864. The molecule has 1 saturated carbocycles. The first-order valence-corrected chi connectivity index (χ1v) is 12.6. The maximum Gasteiger partial charge on any atom is 0.407 e. The Labute approximate surface area is 206 Å². The zero-order chi connectivity index (χ0) is 24.8. The third kappa shape index (κ3) is 5.84. The molecule has 2 atom stereocenters. The van der Waals surface area contributed by atoms with Crippen molar-refractivity contribution in [3.05, 3.63) is 59.7 Å². The Morgan fingerprint density at radius 1 is 1.03 bits per heavy atom. The van der Waals surface area contributed by atoms with E-state index in [1.807, 2.05) is 31.2 Å². The molecule has 1 fully saturated rings. The Kier molecular flexibility index (Phi) is 8.06. The topological polar surface area (TPSA) is 105 Å². The van der Waals surface area contributed by atoms with Crippen LogP contribution in [0.5, 0.6) is 0 Å². The molecule has 2 aromatic carbocycles. The molecule has 0 bridgehead atoms. The number of nitrogens with one attached hydrogen (secondary N) is 2. The normalized spacial score (nSPS) is 16.4. The molecule has 3 N–H and O–H groups in total. The number of hydrogen-bond acceptors (Lipinski definition) is 4. The lowest BCUT2D eigenvalue weighted by Gasteiger charge is -2.31. The van der Waals surface area contributed by atoms with E-state index in [9.17, 15) is 19.5 Å². The van der Waals surface area contributed by atoms with Crippen molar-refractivity contribution in [1.29, 1.82) is 0 Å². The Bertz CT molecular complexity index is 1020. The summed E-state index contributed by atoms with van der Waals surface area (Å²) in [7, 11) is 0. The van der Waals surface area contributed by atoms with E-state index in [4.69, 9.17) is 4.74 Å². The fourth-order valence-electron chi connectivity index (χ4n) is 5.20. The number of carboxylic acid groups (broad SMARTS) is 1. The summed E-state index contributed by atoms with van der Waals surface area (Å²) in [5, 5.41) is 15.1. The van der Waals surface area contributed by atoms with Gasteiger partial charge in [-0.25, -0.2) is 4.79 Å². The average Bonchev–Trinajstić information content (AvgIpc) is 3.13. The predicted octanol–water partition coefficient (Wildman–Crippen LogP) is 4.70. The molecule has 2 aliphatic carbocycles. The summed E-state index contributed by atoms with van der Waals surface area (Å²) in [6.45, 7) is 2.33. The molecule has 0 heterocycles. The second-order valence-corrected chi connectivity index (χ2v) is 9.60. The third-order valence-corrected chi connectivity index (χ3v) is 7.29. The summed E-state index contributed by atoms with van der Waals surface area (Å²) in [5.41, 5.74) is 4.62. The molecule has 0 aliphatic heterocycles. The fourth-order valence-corrected chi connectivity index (χ4v) is 5.20. The van der Waals surface area contributed by atoms with Crippen LogP contribution in [-0.4, -0.2) is 42.3 Å². The Balaban J connectivity index is 1.30. The number of rotatable bonds is 11. The summed E-state index contributed by atoms with van der Waals surface area (Å²) < 4.78 is 5.62. The van der Waals surface area contributed by atoms with Crippen molar-refractivity contribution < 1.29 is 24.2 Å². The van der Waals surface area contributed by atoms with Gasteiger partial charge in [-0.05, 0) is 47.4 Å². The highest BCUT2D eigenvalue weighted by Crippen LogP contribution is 2.44. The van der Waals surface area contributed by atoms with Crippen LogP contribution in [0.2, 0.25) is 0 Å². The number of carboxylic acids is 1. The number of carbonyl (C=O) groups excluding carboxylic acids is 2. The van der Waals surface area contributed by atoms with Gasteiger partial charge in [0.2, 0.25) is 5.91 Å². The number of fused-ring (bicyclic) bond motifs is 3. The van der Waals surface area contributed by atoms with Crippen molar-refractivity contribution in [2.45, 2.75) is 57.4 Å². The third-order valence-electron chi connectivity index (χ3n) is 7.29. The van der Waals surface area contributed by atoms with Gasteiger partial charge in [0.25, 0.3) is 0 Å². The molecule has 0 saturated heterocycles. The molecule has 2 amide bonds. The summed E-state index contributed by atoms with van der Waals surface area (Å²) in [5.74, 6) is -1.56. The van der Waals surface area contributed by atoms with Gasteiger partial charge < -0.3 is 20.5 Å². The van der Waals surface area contributed by atoms with Crippen LogP contribution in [0, 0.1) is 11.8 Å². The molecule has 4 rings (SSSR count). The molecule has 35 heavy (non-hydrogen) atoms. The van der Waals surface area contributed by atoms with Gasteiger partial charge in [0.15, 0.2) is 0 Å². The molecule has 186 valence electrons. The zero-order valence-corrected chi connectivity index (χ0v) is 20.2. The number of aliphatic carboxylic acids is 1. The maximum atomic E-state index is 12.6. The second kappa shape index (κ2) is 11.4. The Morgan fingerprint density at radius 3 is 2.20 bits per heavy atom. The number of ether oxygens (including phenoxy) is 1. The molecule has 7 heteroatoms. The number of benzene rings is 2. The van der Waals surface area contributed by atoms with Gasteiger partial charge in [-0.1, -0.05) is 68.3 Å². The lowest BCUT2D eigenvalue weighted by molar-refractivity contribution is -0.144. The molecule has 1 unspecified atom stereocenters. The number of amides is 2. The second-order valence-electron chi connectivity index (χ2n) is 9.60. The zero-order valence-electron chi connectivity index (χ0n) is 20.2. The Morgan fingerprint density at radius 2 is 1.66 bits per heavy atom. The minimum Gasteiger partial charge on any atom is -0.481 e. The minimum absolute atomic E-state index is 0.0273. The van der Waals surface area contributed by atoms with E-state index in [0.717, 1.165) is 36.8 Å². The van der Waals surface area contributed by atoms with E-state index in [0.29, 0.717) is 6.42 Å². The van der Waals surface area contributed by atoms with Crippen molar-refractivity contribution in [2.24, 2.45) is 11.8 Å². The molecular formula is C28H34N2O5. The highest BCUT2D eigenvalue weighted by Gasteiger charge is 2.33. The van der Waals surface area contributed by atoms with Crippen molar-refractivity contribution >= 4 is 18.0 Å². The lowest BCUT2D eigenvalue weighted by Crippen LogP contribution is -2.43. The summed E-state index contributed by atoms with van der Waals surface area (Å²) in [6, 6.07) is 15.9. The van der Waals surface area contributed by atoms with Crippen LogP contribution in [0.4, 0.5) is 4.79 Å². The van der Waals surface area contributed by atoms with E-state index >= 15 is 0 Å². The van der Waals surface area contributed by atoms with E-state index < -0.39 is 18.0 Å². The van der Waals surface area contributed by atoms with Crippen LogP contribution >= 0.6 is 0 Å². The fraction of sp³-hybridized carbons (Fsp3) is 0.464. The SMILES string of the molecule is CCC[C@H](CC(=O)NCC(C(=O)O)C1CCC1)NC(=O)OCC1c2ccccc2-c2ccccc21. The van der Waals surface area contributed by atoms with Crippen molar-refractivity contribution in [3.63, 3.8) is 0 Å². The van der Waals surface area contributed by atoms with Crippen molar-refractivity contribution in [2.75, 3.05) is 13.2 Å². The summed E-state index contributed by atoms with van der Waals surface area (Å²) in [6.07, 6.45) is 3.81. The van der Waals surface area contributed by atoms with Gasteiger partial charge in [-0.15, -0.1) is 0 Å². The van der Waals surface area contributed by atoms with Gasteiger partial charge in [-0.3, -0.25) is 9.59 Å². The average molecular weight is 479 g/mol. The highest BCUT2D eigenvalue weighted by atomic mass is 16.5. The van der Waals surface area contributed by atoms with Crippen LogP contribution in [0.1, 0.15) is 62.5 Å². The largest absolute Gasteiger partial charge is 0.481 e. The van der Waals surface area contributed by atoms with Gasteiger partial charge >= 0.3 is 12.1 Å². The van der Waals surface area contributed by atoms with E-state index in [1.165, 1.54) is 11.1 Å². The first-order chi connectivity index (χ1) is 17.0. The monoisotopic (exact) mass is 478 g/mol. The van der Waals surface area contributed by atoms with E-state index in [-0.39, 0.29) is 43.4 Å². The summed E-state index contributed by atoms with van der Waals surface area (Å²) >= 11 is 0. The quantitative estimate of drug-likeness (QED) is 0.434. The highest BCUT2D eigenvalue weighted by molar-refractivity contribution is 5.80. The molecule has 0 radical (unpaired) electrons. The van der Waals surface area contributed by atoms with Crippen molar-refractivity contribution in [3.8, 4) is 11.1 Å².